The third-order valence-corrected chi connectivity index (χ3v) is 34.6. The van der Waals surface area contributed by atoms with Gasteiger partial charge in [0.05, 0.1) is 70.3 Å². The van der Waals surface area contributed by atoms with E-state index in [1.54, 1.807) is 94.1 Å². The Morgan fingerprint density at radius 3 is 1.40 bits per heavy atom. The summed E-state index contributed by atoms with van der Waals surface area (Å²) in [7, 11) is 21.4. The summed E-state index contributed by atoms with van der Waals surface area (Å²) in [5.74, 6) is 5.06. The Labute approximate surface area is 521 Å². The number of nitrogens with two attached hydrogens (primary N) is 1. The second kappa shape index (κ2) is 28.7. The highest BCUT2D eigenvalue weighted by molar-refractivity contribution is 8.75. The van der Waals surface area contributed by atoms with Gasteiger partial charge in [0.2, 0.25) is 0 Å². The van der Waals surface area contributed by atoms with Crippen LogP contribution in [0.25, 0.3) is 66.1 Å². The van der Waals surface area contributed by atoms with Crippen molar-refractivity contribution in [1.29, 1.82) is 0 Å². The Hall–Kier alpha value is -4.41. The van der Waals surface area contributed by atoms with Gasteiger partial charge in [-0.1, -0.05) is 21.9 Å². The fraction of sp³-hybridized carbons (Fsp3) is 0.373. The molecule has 0 spiro atoms. The molecule has 8 aromatic heterocycles. The second-order valence-corrected chi connectivity index (χ2v) is 40.0. The summed E-state index contributed by atoms with van der Waals surface area (Å²) in [6.07, 6.45) is 0.652. The minimum atomic E-state index is -0.128. The number of benzene rings is 2. The standard InChI is InChI=1S/C26H30N6O2.C17H15ClN4O2.C8H15N3.S13/c1-13-9-17(32(30-13)26(5,6)7)10-21-24-18-12-22(33-8)19(23-14(2)31-34-15(23)3)11-20(18)29-25(24)28-16(4)27-21;1-7-14(8(2)24-22-7)11-5-12-10(6-13(11)23-4)15-16(18)19-9(3)20-17(15)21-12;1-6-5-7(9)11(10-6)8(2,3)4;1-3-5-7-9-11-13-12-10-8-6-4-2/h9,11-12H,10H2,1-8H3,(H,27,28,29);5-6H,1-4H3,(H,19,20,21);5H,9H2,1-4H3;. The first kappa shape index (κ1) is 65.1. The number of aromatic amines is 2. The Kier molecular flexibility index (Phi) is 22.8. The lowest BCUT2D eigenvalue weighted by Crippen LogP contribution is -2.25. The number of hydrogen-bond donors (Lipinski definition) is 3. The van der Waals surface area contributed by atoms with Crippen LogP contribution in [0.2, 0.25) is 5.15 Å². The number of aryl methyl sites for hydroxylation is 8. The second-order valence-electron chi connectivity index (χ2n) is 20.1. The number of nitrogens with one attached hydrogen (secondary N) is 2. The van der Waals surface area contributed by atoms with E-state index < -0.39 is 0 Å². The molecule has 0 aliphatic rings. The fourth-order valence-corrected chi connectivity index (χ4v) is 34.1. The number of rotatable bonds is 6. The molecular formula is C51H60ClN13O4S13. The zero-order chi connectivity index (χ0) is 59.8. The number of nitrogen functional groups attached to an aromatic ring is 1. The van der Waals surface area contributed by atoms with E-state index in [1.165, 1.54) is 17.8 Å². The molecule has 0 atom stereocenters. The molecule has 438 valence electrons. The monoisotopic (exact) mass is 1370 g/mol. The predicted octanol–water partition coefficient (Wildman–Crippen LogP) is 11.4. The molecule has 8 heterocycles. The summed E-state index contributed by atoms with van der Waals surface area (Å²) in [5, 5.41) is 21.3. The summed E-state index contributed by atoms with van der Waals surface area (Å²) >= 11 is 15.7. The average molecular weight is 1370 g/mol. The van der Waals surface area contributed by atoms with Crippen LogP contribution in [0.15, 0.2) is 45.4 Å². The molecule has 82 heavy (non-hydrogen) atoms. The minimum absolute atomic E-state index is 0.0155. The molecule has 10 rings (SSSR count). The maximum absolute atomic E-state index is 6.33. The van der Waals surface area contributed by atoms with E-state index in [1.807, 2.05) is 78.3 Å². The lowest BCUT2D eigenvalue weighted by Gasteiger charge is -2.22. The van der Waals surface area contributed by atoms with Crippen LogP contribution in [-0.2, 0) is 138 Å². The minimum Gasteiger partial charge on any atom is -0.496 e. The summed E-state index contributed by atoms with van der Waals surface area (Å²) in [6, 6.07) is 12.1. The van der Waals surface area contributed by atoms with Gasteiger partial charge >= 0.3 is 0 Å². The Balaban J connectivity index is 0.000000174. The number of H-pyrrole nitrogens is 2. The lowest BCUT2D eigenvalue weighted by molar-refractivity contribution is 0.344. The predicted molar refractivity (Wildman–Crippen MR) is 367 cm³/mol. The summed E-state index contributed by atoms with van der Waals surface area (Å²) in [5.41, 5.74) is 18.4. The van der Waals surface area contributed by atoms with Crippen LogP contribution >= 0.6 is 11.6 Å². The number of methoxy groups -OCH3 is 2. The summed E-state index contributed by atoms with van der Waals surface area (Å²) in [4.78, 5) is 25.1. The molecule has 31 heteroatoms. The van der Waals surface area contributed by atoms with E-state index >= 15 is 0 Å². The molecule has 0 fully saturated rings. The van der Waals surface area contributed by atoms with Crippen molar-refractivity contribution >= 4 is 181 Å². The molecule has 0 saturated heterocycles. The molecule has 0 unspecified atom stereocenters. The van der Waals surface area contributed by atoms with Gasteiger partial charge in [0.15, 0.2) is 0 Å². The number of ether oxygens (including phenoxy) is 2. The van der Waals surface area contributed by atoms with Crippen LogP contribution in [-0.4, -0.2) is 74.0 Å². The van der Waals surface area contributed by atoms with Crippen LogP contribution in [0.1, 0.15) is 98.9 Å². The molecular weight excluding hydrogens is 1310 g/mol. The molecule has 0 aliphatic heterocycles. The van der Waals surface area contributed by atoms with Crippen molar-refractivity contribution in [3.8, 4) is 33.8 Å². The van der Waals surface area contributed by atoms with Crippen molar-refractivity contribution in [3.63, 3.8) is 0 Å². The number of aromatic nitrogens is 12. The molecule has 10 aromatic rings. The SMILES string of the molecule is COc1cc2c(cc1-c1c(C)noc1C)[nH]c1nc(C)nc(Cc3cc(C)nn3C(C)(C)C)c12.COc1cc2c(cc1-c1c(C)noc1C)[nH]c1nc(C)nc(Cl)c12.Cc1cc(N)n(C(C)(C)C)n1.S=S=S=S=S=S=S=S=S=S=S=S=S. The van der Waals surface area contributed by atoms with Gasteiger partial charge in [0.25, 0.3) is 0 Å². The first-order valence-electron chi connectivity index (χ1n) is 24.6. The number of hydrogen-bond acceptors (Lipinski definition) is 15. The van der Waals surface area contributed by atoms with E-state index in [0.717, 1.165) is 129 Å². The maximum Gasteiger partial charge on any atom is 0.143 e. The highest BCUT2D eigenvalue weighted by Crippen LogP contribution is 2.42. The van der Waals surface area contributed by atoms with Gasteiger partial charge < -0.3 is 34.2 Å². The van der Waals surface area contributed by atoms with E-state index in [4.69, 9.17) is 73.3 Å². The van der Waals surface area contributed by atoms with Crippen molar-refractivity contribution in [3.05, 3.63) is 98.9 Å². The van der Waals surface area contributed by atoms with Crippen molar-refractivity contribution in [1.82, 2.24) is 59.8 Å². The highest BCUT2D eigenvalue weighted by Gasteiger charge is 2.25. The number of fused-ring (bicyclic) bond motifs is 6. The van der Waals surface area contributed by atoms with Gasteiger partial charge in [-0.2, -0.15) is 10.2 Å². The molecule has 0 bridgehead atoms. The topological polar surface area (TPSA) is 215 Å². The fourth-order valence-electron chi connectivity index (χ4n) is 9.09. The van der Waals surface area contributed by atoms with Crippen molar-refractivity contribution in [2.75, 3.05) is 20.0 Å². The number of anilines is 1. The zero-order valence-corrected chi connectivity index (χ0v) is 58.9. The lowest BCUT2D eigenvalue weighted by atomic mass is 10.00. The first-order chi connectivity index (χ1) is 38.9. The molecule has 0 radical (unpaired) electrons. The number of halogens is 1. The van der Waals surface area contributed by atoms with Crippen LogP contribution in [0.5, 0.6) is 11.5 Å². The quantitative estimate of drug-likeness (QED) is 0.132. The van der Waals surface area contributed by atoms with Crippen LogP contribution in [0.3, 0.4) is 0 Å². The van der Waals surface area contributed by atoms with E-state index in [0.29, 0.717) is 23.0 Å². The van der Waals surface area contributed by atoms with Gasteiger partial charge in [0.1, 0.15) is 56.9 Å². The third-order valence-electron chi connectivity index (χ3n) is 12.1. The summed E-state index contributed by atoms with van der Waals surface area (Å²) in [6.45, 7) is 28.1. The largest absolute Gasteiger partial charge is 0.496 e. The maximum atomic E-state index is 6.33. The first-order valence-corrected chi connectivity index (χ1v) is 41.0. The van der Waals surface area contributed by atoms with E-state index in [2.05, 4.69) is 99.8 Å². The molecule has 17 nitrogen and oxygen atoms in total. The van der Waals surface area contributed by atoms with Crippen LogP contribution in [0.4, 0.5) is 5.82 Å². The third kappa shape index (κ3) is 15.7. The number of nitrogens with zero attached hydrogens (tertiary/aromatic N) is 10. The Morgan fingerprint density at radius 1 is 0.573 bits per heavy atom. The van der Waals surface area contributed by atoms with Gasteiger partial charge in [-0.3, -0.25) is 4.68 Å². The average Bonchev–Trinajstić information content (AvgIpc) is 2.76. The molecule has 2 aromatic carbocycles. The van der Waals surface area contributed by atoms with E-state index in [-0.39, 0.29) is 11.1 Å². The van der Waals surface area contributed by atoms with Crippen molar-refractivity contribution < 1.29 is 18.5 Å². The summed E-state index contributed by atoms with van der Waals surface area (Å²) < 4.78 is 26.1. The normalized spacial score (nSPS) is 11.2. The van der Waals surface area contributed by atoms with Crippen LogP contribution < -0.4 is 15.2 Å². The molecule has 4 N–H and O–H groups in total. The van der Waals surface area contributed by atoms with Gasteiger partial charge in [-0.25, -0.2) is 24.6 Å². The van der Waals surface area contributed by atoms with Crippen molar-refractivity contribution in [2.24, 2.45) is 0 Å². The zero-order valence-electron chi connectivity index (χ0n) is 47.5. The Bertz CT molecular complexity index is 4490. The highest BCUT2D eigenvalue weighted by atomic mass is 35.5. The van der Waals surface area contributed by atoms with Gasteiger partial charge in [-0.15, -0.1) is 0 Å². The molecule has 0 aliphatic carbocycles. The van der Waals surface area contributed by atoms with Crippen molar-refractivity contribution in [2.45, 2.75) is 114 Å². The van der Waals surface area contributed by atoms with E-state index in [9.17, 15) is 0 Å². The Morgan fingerprint density at radius 2 is 1.00 bits per heavy atom. The van der Waals surface area contributed by atoms with Gasteiger partial charge in [-0.05, 0) is 127 Å². The smallest absolute Gasteiger partial charge is 0.143 e. The van der Waals surface area contributed by atoms with Crippen LogP contribution in [0, 0.1) is 55.4 Å². The van der Waals surface area contributed by atoms with Gasteiger partial charge in [0, 0.05) is 177 Å². The molecule has 0 saturated carbocycles. The molecule has 0 amide bonds.